The number of hydrogen-bond donors (Lipinski definition) is 1. The second-order valence-corrected chi connectivity index (χ2v) is 5.21. The fourth-order valence-electron chi connectivity index (χ4n) is 2.46. The van der Waals surface area contributed by atoms with E-state index >= 15 is 0 Å². The number of nitriles is 1. The molecule has 1 aliphatic heterocycles. The van der Waals surface area contributed by atoms with Crippen LogP contribution in [-0.2, 0) is 19.1 Å². The Bertz CT molecular complexity index is 787. The summed E-state index contributed by atoms with van der Waals surface area (Å²) in [5.41, 5.74) is -1.77. The number of hydrogen-bond acceptors (Lipinski definition) is 7. The van der Waals surface area contributed by atoms with E-state index in [4.69, 9.17) is 14.7 Å². The quantitative estimate of drug-likeness (QED) is 0.737. The number of nitrogens with zero attached hydrogens (tertiary/aromatic N) is 2. The molecule has 0 saturated carbocycles. The molecule has 2 rings (SSSR count). The van der Waals surface area contributed by atoms with Crippen molar-refractivity contribution in [3.63, 3.8) is 0 Å². The Balaban J connectivity index is 2.30. The first kappa shape index (κ1) is 16.6. The minimum absolute atomic E-state index is 0.112. The van der Waals surface area contributed by atoms with E-state index in [1.807, 2.05) is 4.98 Å². The molecule has 0 bridgehead atoms. The largest absolute Gasteiger partial charge is 0.463 e. The molecule has 1 aliphatic rings. The Morgan fingerprint density at radius 3 is 2.74 bits per heavy atom. The van der Waals surface area contributed by atoms with Crippen LogP contribution in [0.4, 0.5) is 0 Å². The molecule has 9 heteroatoms. The van der Waals surface area contributed by atoms with Crippen molar-refractivity contribution in [1.82, 2.24) is 9.55 Å². The van der Waals surface area contributed by atoms with Crippen molar-refractivity contribution < 1.29 is 19.1 Å². The Morgan fingerprint density at radius 1 is 1.48 bits per heavy atom. The van der Waals surface area contributed by atoms with Gasteiger partial charge in [-0.25, -0.2) is 4.79 Å². The van der Waals surface area contributed by atoms with Crippen LogP contribution in [0.1, 0.15) is 32.1 Å². The van der Waals surface area contributed by atoms with Crippen LogP contribution >= 0.6 is 0 Å². The van der Waals surface area contributed by atoms with Gasteiger partial charge in [-0.05, 0) is 6.92 Å². The van der Waals surface area contributed by atoms with Crippen LogP contribution in [0.2, 0.25) is 0 Å². The maximum Gasteiger partial charge on any atom is 0.330 e. The molecule has 2 heterocycles. The zero-order chi connectivity index (χ0) is 17.1. The summed E-state index contributed by atoms with van der Waals surface area (Å²) < 4.78 is 11.6. The fourth-order valence-corrected chi connectivity index (χ4v) is 2.46. The maximum absolute atomic E-state index is 11.9. The van der Waals surface area contributed by atoms with Gasteiger partial charge in [0.05, 0.1) is 5.92 Å². The zero-order valence-electron chi connectivity index (χ0n) is 12.6. The number of carbonyl (C=O) groups excluding carboxylic acids is 2. The summed E-state index contributed by atoms with van der Waals surface area (Å²) in [6, 6.07) is 1.68. The van der Waals surface area contributed by atoms with E-state index in [0.717, 1.165) is 10.8 Å². The number of H-pyrrole nitrogens is 1. The first-order chi connectivity index (χ1) is 10.8. The van der Waals surface area contributed by atoms with E-state index in [1.54, 1.807) is 6.07 Å². The van der Waals surface area contributed by atoms with Gasteiger partial charge in [-0.3, -0.25) is 23.9 Å². The van der Waals surface area contributed by atoms with Crippen molar-refractivity contribution in [3.05, 3.63) is 32.6 Å². The average Bonchev–Trinajstić information content (AvgIpc) is 2.89. The molecule has 1 saturated heterocycles. The Hall–Kier alpha value is -2.73. The van der Waals surface area contributed by atoms with Gasteiger partial charge in [0.25, 0.3) is 5.56 Å². The number of esters is 1. The number of rotatable bonds is 4. The molecule has 0 aromatic carbocycles. The van der Waals surface area contributed by atoms with Gasteiger partial charge in [0.2, 0.25) is 0 Å². The number of ketones is 1. The van der Waals surface area contributed by atoms with Crippen LogP contribution in [0, 0.1) is 17.2 Å². The van der Waals surface area contributed by atoms with Crippen LogP contribution in [0.3, 0.4) is 0 Å². The molecule has 1 aromatic rings. The van der Waals surface area contributed by atoms with E-state index in [1.165, 1.54) is 13.8 Å². The summed E-state index contributed by atoms with van der Waals surface area (Å²) in [5, 5.41) is 8.88. The number of Topliss-reactive ketones (excluding diaryl/α,β-unsaturated/α-hetero) is 1. The summed E-state index contributed by atoms with van der Waals surface area (Å²) in [4.78, 5) is 48.0. The van der Waals surface area contributed by atoms with Crippen molar-refractivity contribution in [3.8, 4) is 6.07 Å². The van der Waals surface area contributed by atoms with Gasteiger partial charge in [-0.2, -0.15) is 5.26 Å². The van der Waals surface area contributed by atoms with Crippen molar-refractivity contribution in [2.75, 3.05) is 6.61 Å². The van der Waals surface area contributed by atoms with Crippen LogP contribution in [0.5, 0.6) is 0 Å². The molecule has 0 radical (unpaired) electrons. The predicted octanol–water partition coefficient (Wildman–Crippen LogP) is -0.536. The predicted molar refractivity (Wildman–Crippen MR) is 75.4 cm³/mol. The topological polar surface area (TPSA) is 131 Å². The Kier molecular flexibility index (Phi) is 4.76. The minimum atomic E-state index is -0.832. The highest BCUT2D eigenvalue weighted by Crippen LogP contribution is 2.33. The van der Waals surface area contributed by atoms with Gasteiger partial charge < -0.3 is 9.47 Å². The third-order valence-electron chi connectivity index (χ3n) is 3.61. The summed E-state index contributed by atoms with van der Waals surface area (Å²) >= 11 is 0. The zero-order valence-corrected chi connectivity index (χ0v) is 12.6. The second kappa shape index (κ2) is 6.58. The number of carbonyl (C=O) groups is 2. The van der Waals surface area contributed by atoms with Gasteiger partial charge in [-0.1, -0.05) is 0 Å². The third-order valence-corrected chi connectivity index (χ3v) is 3.61. The molecule has 0 amide bonds. The molecule has 1 unspecified atom stereocenters. The molecule has 0 aliphatic carbocycles. The van der Waals surface area contributed by atoms with Crippen LogP contribution in [0.25, 0.3) is 0 Å². The molecule has 1 fully saturated rings. The lowest BCUT2D eigenvalue weighted by atomic mass is 9.97. The highest BCUT2D eigenvalue weighted by molar-refractivity contribution is 5.79. The highest BCUT2D eigenvalue weighted by Gasteiger charge is 2.40. The molecule has 1 N–H and O–H groups in total. The summed E-state index contributed by atoms with van der Waals surface area (Å²) in [5.74, 6) is -1.22. The van der Waals surface area contributed by atoms with E-state index in [0.29, 0.717) is 0 Å². The smallest absolute Gasteiger partial charge is 0.330 e. The van der Waals surface area contributed by atoms with E-state index in [9.17, 15) is 19.2 Å². The molecule has 0 spiro atoms. The standard InChI is InChI=1S/C14H15N3O6/c1-7(18)10-3-12(23-11(10)6-22-8(2)19)17-5-9(4-15)13(20)16-14(17)21/h5,10-12H,3,6H2,1-2H3,(H,16,20,21)/t10?,11-,12-/m0/s1. The van der Waals surface area contributed by atoms with Gasteiger partial charge >= 0.3 is 11.7 Å². The highest BCUT2D eigenvalue weighted by atomic mass is 16.6. The molecular formula is C14H15N3O6. The normalized spacial score (nSPS) is 23.3. The first-order valence-electron chi connectivity index (χ1n) is 6.88. The van der Waals surface area contributed by atoms with Gasteiger partial charge in [0.15, 0.2) is 0 Å². The molecule has 9 nitrogen and oxygen atoms in total. The number of aromatic nitrogens is 2. The average molecular weight is 321 g/mol. The van der Waals surface area contributed by atoms with Gasteiger partial charge in [-0.15, -0.1) is 0 Å². The van der Waals surface area contributed by atoms with E-state index < -0.39 is 35.5 Å². The van der Waals surface area contributed by atoms with E-state index in [-0.39, 0.29) is 24.4 Å². The van der Waals surface area contributed by atoms with Gasteiger partial charge in [0.1, 0.15) is 36.4 Å². The van der Waals surface area contributed by atoms with Crippen molar-refractivity contribution in [2.45, 2.75) is 32.6 Å². The molecular weight excluding hydrogens is 306 g/mol. The maximum atomic E-state index is 11.9. The SMILES string of the molecule is CC(=O)OC[C@@H]1O[C@H](n2cc(C#N)c(=O)[nH]c2=O)CC1C(C)=O. The van der Waals surface area contributed by atoms with Crippen LogP contribution in [-0.4, -0.2) is 34.0 Å². The minimum Gasteiger partial charge on any atom is -0.463 e. The lowest BCUT2D eigenvalue weighted by molar-refractivity contribution is -0.147. The van der Waals surface area contributed by atoms with Crippen molar-refractivity contribution in [2.24, 2.45) is 5.92 Å². The first-order valence-corrected chi connectivity index (χ1v) is 6.88. The second-order valence-electron chi connectivity index (χ2n) is 5.21. The molecule has 23 heavy (non-hydrogen) atoms. The Labute approximate surface area is 130 Å². The fraction of sp³-hybridized carbons (Fsp3) is 0.500. The summed E-state index contributed by atoms with van der Waals surface area (Å²) in [6.07, 6.45) is -0.248. The molecule has 1 aromatic heterocycles. The summed E-state index contributed by atoms with van der Waals surface area (Å²) in [7, 11) is 0. The number of ether oxygens (including phenoxy) is 2. The number of aromatic amines is 1. The van der Waals surface area contributed by atoms with Gasteiger partial charge in [0, 0.05) is 19.5 Å². The molecule has 122 valence electrons. The van der Waals surface area contributed by atoms with Crippen molar-refractivity contribution >= 4 is 11.8 Å². The van der Waals surface area contributed by atoms with Crippen LogP contribution < -0.4 is 11.2 Å². The van der Waals surface area contributed by atoms with Crippen molar-refractivity contribution in [1.29, 1.82) is 5.26 Å². The molecule has 3 atom stereocenters. The third kappa shape index (κ3) is 3.54. The van der Waals surface area contributed by atoms with E-state index in [2.05, 4.69) is 0 Å². The number of nitrogens with one attached hydrogen (secondary N) is 1. The lowest BCUT2D eigenvalue weighted by Crippen LogP contribution is -2.33. The monoisotopic (exact) mass is 321 g/mol. The Morgan fingerprint density at radius 2 is 2.17 bits per heavy atom. The lowest BCUT2D eigenvalue weighted by Gasteiger charge is -2.16. The summed E-state index contributed by atoms with van der Waals surface area (Å²) in [6.45, 7) is 2.51. The van der Waals surface area contributed by atoms with Crippen LogP contribution in [0.15, 0.2) is 15.8 Å².